The Morgan fingerprint density at radius 1 is 1.21 bits per heavy atom. The van der Waals surface area contributed by atoms with Crippen molar-refractivity contribution in [3.8, 4) is 0 Å². The molecule has 4 nitrogen and oxygen atoms in total. The van der Waals surface area contributed by atoms with E-state index in [1.165, 1.54) is 9.78 Å². The van der Waals surface area contributed by atoms with Gasteiger partial charge in [0.2, 0.25) is 0 Å². The maximum Gasteiger partial charge on any atom is 0.251 e. The fraction of sp³-hybridized carbons (Fsp3) is 0.421. The van der Waals surface area contributed by atoms with Crippen LogP contribution in [-0.4, -0.2) is 38.3 Å². The average Bonchev–Trinajstić information content (AvgIpc) is 3.10. The second-order valence-corrected chi connectivity index (χ2v) is 7.37. The van der Waals surface area contributed by atoms with Crippen LogP contribution in [0.2, 0.25) is 0 Å². The van der Waals surface area contributed by atoms with E-state index in [-0.39, 0.29) is 18.0 Å². The standard InChI is InChI=1S/C19H24N2O2S/c1-14-5-7-16(8-6-14)19(22)20-15(2)18(17-4-3-13-24-17)21-9-11-23-12-10-21/h3-8,13,15,18H,9-12H2,1-2H3,(H,20,22)/p+1/t15-,18-/m0/s1. The third kappa shape index (κ3) is 4.04. The van der Waals surface area contributed by atoms with Crippen molar-refractivity contribution in [1.82, 2.24) is 5.32 Å². The molecule has 1 aromatic carbocycles. The highest BCUT2D eigenvalue weighted by Gasteiger charge is 2.33. The van der Waals surface area contributed by atoms with Gasteiger partial charge in [-0.1, -0.05) is 23.8 Å². The zero-order valence-electron chi connectivity index (χ0n) is 14.2. The van der Waals surface area contributed by atoms with Crippen molar-refractivity contribution in [3.63, 3.8) is 0 Å². The first-order valence-corrected chi connectivity index (χ1v) is 9.36. The molecule has 1 saturated heterocycles. The summed E-state index contributed by atoms with van der Waals surface area (Å²) in [6.07, 6.45) is 0. The van der Waals surface area contributed by atoms with Gasteiger partial charge in [-0.3, -0.25) is 4.79 Å². The topological polar surface area (TPSA) is 42.8 Å². The number of quaternary nitrogens is 1. The molecule has 1 amide bonds. The summed E-state index contributed by atoms with van der Waals surface area (Å²) in [6.45, 7) is 7.67. The minimum atomic E-state index is -0.00304. The summed E-state index contributed by atoms with van der Waals surface area (Å²) in [4.78, 5) is 15.4. The zero-order chi connectivity index (χ0) is 16.9. The van der Waals surface area contributed by atoms with Gasteiger partial charge in [0.25, 0.3) is 5.91 Å². The number of hydrogen-bond donors (Lipinski definition) is 2. The molecule has 2 heterocycles. The number of nitrogens with one attached hydrogen (secondary N) is 2. The van der Waals surface area contributed by atoms with Crippen LogP contribution in [0.5, 0.6) is 0 Å². The Balaban J connectivity index is 1.74. The number of ether oxygens (including phenoxy) is 1. The van der Waals surface area contributed by atoms with E-state index in [0.717, 1.165) is 31.9 Å². The molecule has 0 spiro atoms. The highest BCUT2D eigenvalue weighted by Crippen LogP contribution is 2.20. The molecule has 24 heavy (non-hydrogen) atoms. The lowest BCUT2D eigenvalue weighted by Gasteiger charge is -2.34. The predicted octanol–water partition coefficient (Wildman–Crippen LogP) is 1.83. The minimum absolute atomic E-state index is 0.00304. The van der Waals surface area contributed by atoms with Crippen molar-refractivity contribution in [2.45, 2.75) is 25.9 Å². The first-order chi connectivity index (χ1) is 11.6. The summed E-state index contributed by atoms with van der Waals surface area (Å²) in [6, 6.07) is 12.3. The fourth-order valence-corrected chi connectivity index (χ4v) is 4.28. The lowest BCUT2D eigenvalue weighted by Crippen LogP contribution is -3.15. The number of benzene rings is 1. The number of thiophene rings is 1. The van der Waals surface area contributed by atoms with E-state index in [2.05, 4.69) is 29.8 Å². The second-order valence-electron chi connectivity index (χ2n) is 6.39. The summed E-state index contributed by atoms with van der Waals surface area (Å²) in [5.74, 6) is -0.00304. The number of carbonyl (C=O) groups is 1. The van der Waals surface area contributed by atoms with Crippen molar-refractivity contribution in [2.75, 3.05) is 26.3 Å². The highest BCUT2D eigenvalue weighted by molar-refractivity contribution is 7.10. The smallest absolute Gasteiger partial charge is 0.251 e. The van der Waals surface area contributed by atoms with Gasteiger partial charge in [0.15, 0.2) is 0 Å². The molecule has 1 aliphatic heterocycles. The maximum absolute atomic E-state index is 12.6. The Morgan fingerprint density at radius 3 is 2.54 bits per heavy atom. The molecule has 2 atom stereocenters. The molecule has 0 saturated carbocycles. The Bertz CT molecular complexity index is 649. The van der Waals surface area contributed by atoms with Gasteiger partial charge in [-0.15, -0.1) is 11.3 Å². The van der Waals surface area contributed by atoms with Crippen LogP contribution in [0, 0.1) is 6.92 Å². The Labute approximate surface area is 147 Å². The molecule has 0 aliphatic carbocycles. The third-order valence-corrected chi connectivity index (χ3v) is 5.55. The van der Waals surface area contributed by atoms with Crippen LogP contribution in [0.25, 0.3) is 0 Å². The van der Waals surface area contributed by atoms with Crippen LogP contribution < -0.4 is 10.2 Å². The van der Waals surface area contributed by atoms with Crippen LogP contribution in [0.1, 0.15) is 33.8 Å². The minimum Gasteiger partial charge on any atom is -0.370 e. The summed E-state index contributed by atoms with van der Waals surface area (Å²) >= 11 is 1.76. The van der Waals surface area contributed by atoms with Gasteiger partial charge in [-0.2, -0.15) is 0 Å². The van der Waals surface area contributed by atoms with Crippen molar-refractivity contribution >= 4 is 17.2 Å². The summed E-state index contributed by atoms with van der Waals surface area (Å²) in [5.41, 5.74) is 1.88. The molecule has 3 rings (SSSR count). The Kier molecular flexibility index (Phi) is 5.66. The van der Waals surface area contributed by atoms with Crippen LogP contribution in [0.15, 0.2) is 41.8 Å². The van der Waals surface area contributed by atoms with Crippen LogP contribution in [0.3, 0.4) is 0 Å². The van der Waals surface area contributed by atoms with Crippen molar-refractivity contribution < 1.29 is 14.4 Å². The first kappa shape index (κ1) is 17.1. The van der Waals surface area contributed by atoms with E-state index >= 15 is 0 Å². The predicted molar refractivity (Wildman–Crippen MR) is 96.7 cm³/mol. The van der Waals surface area contributed by atoms with Gasteiger partial charge < -0.3 is 15.0 Å². The van der Waals surface area contributed by atoms with E-state index in [4.69, 9.17) is 4.74 Å². The molecule has 2 aromatic rings. The molecule has 1 aromatic heterocycles. The SMILES string of the molecule is Cc1ccc(C(=O)N[C@@H](C)[C@@H](c2cccs2)[NH+]2CCOCC2)cc1. The summed E-state index contributed by atoms with van der Waals surface area (Å²) in [7, 11) is 0. The zero-order valence-corrected chi connectivity index (χ0v) is 15.1. The number of rotatable bonds is 5. The van der Waals surface area contributed by atoms with E-state index < -0.39 is 0 Å². The van der Waals surface area contributed by atoms with Gasteiger partial charge in [-0.25, -0.2) is 0 Å². The van der Waals surface area contributed by atoms with Crippen LogP contribution >= 0.6 is 11.3 Å². The van der Waals surface area contributed by atoms with Crippen molar-refractivity contribution in [3.05, 3.63) is 57.8 Å². The van der Waals surface area contributed by atoms with Gasteiger partial charge in [-0.05, 0) is 37.4 Å². The summed E-state index contributed by atoms with van der Waals surface area (Å²) < 4.78 is 5.50. The first-order valence-electron chi connectivity index (χ1n) is 8.48. The second kappa shape index (κ2) is 7.92. The highest BCUT2D eigenvalue weighted by atomic mass is 32.1. The lowest BCUT2D eigenvalue weighted by molar-refractivity contribution is -0.939. The monoisotopic (exact) mass is 345 g/mol. The molecule has 5 heteroatoms. The summed E-state index contributed by atoms with van der Waals surface area (Å²) in [5, 5.41) is 5.32. The van der Waals surface area contributed by atoms with Gasteiger partial charge in [0.05, 0.1) is 24.1 Å². The Hall–Kier alpha value is -1.69. The Morgan fingerprint density at radius 2 is 1.92 bits per heavy atom. The molecule has 128 valence electrons. The molecular formula is C19H25N2O2S+. The molecule has 1 aliphatic rings. The molecule has 2 N–H and O–H groups in total. The quantitative estimate of drug-likeness (QED) is 0.868. The number of amides is 1. The largest absolute Gasteiger partial charge is 0.370 e. The lowest BCUT2D eigenvalue weighted by atomic mass is 10.0. The van der Waals surface area contributed by atoms with E-state index in [0.29, 0.717) is 5.56 Å². The number of aryl methyl sites for hydroxylation is 1. The molecule has 1 fully saturated rings. The number of hydrogen-bond acceptors (Lipinski definition) is 3. The third-order valence-electron chi connectivity index (χ3n) is 4.60. The molecular weight excluding hydrogens is 320 g/mol. The van der Waals surface area contributed by atoms with Gasteiger partial charge >= 0.3 is 0 Å². The van der Waals surface area contributed by atoms with Crippen LogP contribution in [-0.2, 0) is 4.74 Å². The van der Waals surface area contributed by atoms with E-state index in [1.807, 2.05) is 31.2 Å². The molecule has 0 bridgehead atoms. The normalized spacial score (nSPS) is 18.1. The van der Waals surface area contributed by atoms with Crippen LogP contribution in [0.4, 0.5) is 0 Å². The average molecular weight is 345 g/mol. The van der Waals surface area contributed by atoms with E-state index in [9.17, 15) is 4.79 Å². The molecule has 0 unspecified atom stereocenters. The molecule has 0 radical (unpaired) electrons. The fourth-order valence-electron chi connectivity index (χ4n) is 3.29. The number of carbonyl (C=O) groups excluding carboxylic acids is 1. The van der Waals surface area contributed by atoms with Gasteiger partial charge in [0, 0.05) is 5.56 Å². The van der Waals surface area contributed by atoms with Crippen molar-refractivity contribution in [2.24, 2.45) is 0 Å². The van der Waals surface area contributed by atoms with Gasteiger partial charge in [0.1, 0.15) is 19.1 Å². The maximum atomic E-state index is 12.6. The number of morpholine rings is 1. The van der Waals surface area contributed by atoms with E-state index in [1.54, 1.807) is 11.3 Å². The van der Waals surface area contributed by atoms with Crippen molar-refractivity contribution in [1.29, 1.82) is 0 Å².